The predicted molar refractivity (Wildman–Crippen MR) is 72.5 cm³/mol. The Morgan fingerprint density at radius 3 is 2.26 bits per heavy atom. The number of hydrogen-bond donors (Lipinski definition) is 1. The van der Waals surface area contributed by atoms with Crippen LogP contribution in [0, 0.1) is 0 Å². The summed E-state index contributed by atoms with van der Waals surface area (Å²) in [6.07, 6.45) is 2.70. The minimum atomic E-state index is -3.46. The molecule has 0 spiro atoms. The number of anilines is 1. The summed E-state index contributed by atoms with van der Waals surface area (Å²) in [5.74, 6) is 0.412. The van der Waals surface area contributed by atoms with Gasteiger partial charge in [-0.05, 0) is 6.54 Å². The quantitative estimate of drug-likeness (QED) is 0.828. The molecule has 1 saturated heterocycles. The van der Waals surface area contributed by atoms with Crippen molar-refractivity contribution in [2.75, 3.05) is 45.1 Å². The average Bonchev–Trinajstić information content (AvgIpc) is 2.47. The van der Waals surface area contributed by atoms with Gasteiger partial charge in [0.25, 0.3) is 0 Å². The molecule has 0 bridgehead atoms. The second-order valence-electron chi connectivity index (χ2n) is 4.33. The standard InChI is InChI=1S/C11H19N5O2S/c1-3-15-4-6-16(7-5-15)19(17,18)10-8-13-11(12-2)14-9-10/h8-9H,3-7H2,1-2H3,(H,12,13,14). The Balaban J connectivity index is 2.13. The van der Waals surface area contributed by atoms with E-state index < -0.39 is 10.0 Å². The molecule has 1 aromatic heterocycles. The van der Waals surface area contributed by atoms with E-state index in [1.54, 1.807) is 7.05 Å². The lowest BCUT2D eigenvalue weighted by Crippen LogP contribution is -2.48. The van der Waals surface area contributed by atoms with Crippen molar-refractivity contribution in [1.29, 1.82) is 0 Å². The number of sulfonamides is 1. The third kappa shape index (κ3) is 3.02. The fourth-order valence-electron chi connectivity index (χ4n) is 2.01. The number of nitrogens with zero attached hydrogens (tertiary/aromatic N) is 4. The zero-order chi connectivity index (χ0) is 13.9. The number of aromatic nitrogens is 2. The largest absolute Gasteiger partial charge is 0.357 e. The maximum absolute atomic E-state index is 12.4. The molecule has 106 valence electrons. The summed E-state index contributed by atoms with van der Waals surface area (Å²) in [7, 11) is -1.78. The van der Waals surface area contributed by atoms with E-state index in [4.69, 9.17) is 0 Å². The molecule has 19 heavy (non-hydrogen) atoms. The van der Waals surface area contributed by atoms with Crippen molar-refractivity contribution in [3.63, 3.8) is 0 Å². The zero-order valence-corrected chi connectivity index (χ0v) is 12.0. The molecule has 1 N–H and O–H groups in total. The Morgan fingerprint density at radius 1 is 1.21 bits per heavy atom. The van der Waals surface area contributed by atoms with E-state index in [-0.39, 0.29) is 4.90 Å². The molecular weight excluding hydrogens is 266 g/mol. The van der Waals surface area contributed by atoms with Crippen LogP contribution in [-0.4, -0.2) is 67.4 Å². The molecule has 0 aliphatic carbocycles. The van der Waals surface area contributed by atoms with E-state index in [0.717, 1.165) is 19.6 Å². The smallest absolute Gasteiger partial charge is 0.246 e. The van der Waals surface area contributed by atoms with Crippen LogP contribution in [0.25, 0.3) is 0 Å². The second-order valence-corrected chi connectivity index (χ2v) is 6.27. The summed E-state index contributed by atoms with van der Waals surface area (Å²) >= 11 is 0. The Kier molecular flexibility index (Phi) is 4.33. The molecular formula is C11H19N5O2S. The van der Waals surface area contributed by atoms with E-state index in [1.165, 1.54) is 16.7 Å². The monoisotopic (exact) mass is 285 g/mol. The maximum atomic E-state index is 12.4. The maximum Gasteiger partial charge on any atom is 0.246 e. The zero-order valence-electron chi connectivity index (χ0n) is 11.2. The molecule has 1 aromatic rings. The third-order valence-corrected chi connectivity index (χ3v) is 5.12. The summed E-state index contributed by atoms with van der Waals surface area (Å²) in [6, 6.07) is 0. The van der Waals surface area contributed by atoms with Crippen molar-refractivity contribution in [3.05, 3.63) is 12.4 Å². The Morgan fingerprint density at radius 2 is 1.79 bits per heavy atom. The van der Waals surface area contributed by atoms with Crippen LogP contribution in [0.15, 0.2) is 17.3 Å². The molecule has 0 aromatic carbocycles. The van der Waals surface area contributed by atoms with Crippen molar-refractivity contribution in [1.82, 2.24) is 19.2 Å². The van der Waals surface area contributed by atoms with Crippen LogP contribution in [-0.2, 0) is 10.0 Å². The lowest BCUT2D eigenvalue weighted by atomic mass is 10.4. The number of likely N-dealkylation sites (N-methyl/N-ethyl adjacent to an activating group) is 1. The Bertz CT molecular complexity index is 508. The van der Waals surface area contributed by atoms with E-state index in [0.29, 0.717) is 19.0 Å². The van der Waals surface area contributed by atoms with Gasteiger partial charge in [0.1, 0.15) is 4.90 Å². The van der Waals surface area contributed by atoms with Gasteiger partial charge in [0, 0.05) is 33.2 Å². The van der Waals surface area contributed by atoms with Crippen LogP contribution in [0.3, 0.4) is 0 Å². The van der Waals surface area contributed by atoms with Gasteiger partial charge in [-0.1, -0.05) is 6.92 Å². The number of piperazine rings is 1. The summed E-state index contributed by atoms with van der Waals surface area (Å²) in [6.45, 7) is 5.60. The Labute approximate surface area is 113 Å². The molecule has 1 aliphatic heterocycles. The van der Waals surface area contributed by atoms with Gasteiger partial charge in [0.2, 0.25) is 16.0 Å². The minimum absolute atomic E-state index is 0.149. The van der Waals surface area contributed by atoms with Crippen molar-refractivity contribution in [2.24, 2.45) is 0 Å². The van der Waals surface area contributed by atoms with Gasteiger partial charge in [-0.15, -0.1) is 0 Å². The first-order chi connectivity index (χ1) is 9.07. The molecule has 7 nitrogen and oxygen atoms in total. The molecule has 0 saturated carbocycles. The van der Waals surface area contributed by atoms with Crippen LogP contribution in [0.2, 0.25) is 0 Å². The number of hydrogen-bond acceptors (Lipinski definition) is 6. The van der Waals surface area contributed by atoms with Gasteiger partial charge in [0.15, 0.2) is 0 Å². The third-order valence-electron chi connectivity index (χ3n) is 3.27. The van der Waals surface area contributed by atoms with E-state index in [1.807, 2.05) is 0 Å². The minimum Gasteiger partial charge on any atom is -0.357 e. The van der Waals surface area contributed by atoms with Gasteiger partial charge >= 0.3 is 0 Å². The first-order valence-electron chi connectivity index (χ1n) is 6.30. The van der Waals surface area contributed by atoms with Gasteiger partial charge in [-0.3, -0.25) is 0 Å². The fraction of sp³-hybridized carbons (Fsp3) is 0.636. The molecule has 1 aliphatic rings. The SMILES string of the molecule is CCN1CCN(S(=O)(=O)c2cnc(NC)nc2)CC1. The fourth-order valence-corrected chi connectivity index (χ4v) is 3.33. The van der Waals surface area contributed by atoms with E-state index >= 15 is 0 Å². The predicted octanol–water partition coefficient (Wildman–Crippen LogP) is -0.155. The van der Waals surface area contributed by atoms with E-state index in [9.17, 15) is 8.42 Å². The molecule has 1 fully saturated rings. The van der Waals surface area contributed by atoms with Crippen LogP contribution in [0.5, 0.6) is 0 Å². The molecule has 0 unspecified atom stereocenters. The topological polar surface area (TPSA) is 78.4 Å². The summed E-state index contributed by atoms with van der Waals surface area (Å²) < 4.78 is 26.3. The number of rotatable bonds is 4. The first-order valence-corrected chi connectivity index (χ1v) is 7.74. The molecule has 8 heteroatoms. The van der Waals surface area contributed by atoms with Gasteiger partial charge < -0.3 is 10.2 Å². The van der Waals surface area contributed by atoms with Crippen molar-refractivity contribution < 1.29 is 8.42 Å². The highest BCUT2D eigenvalue weighted by Crippen LogP contribution is 2.16. The highest BCUT2D eigenvalue weighted by molar-refractivity contribution is 7.89. The van der Waals surface area contributed by atoms with Crippen molar-refractivity contribution >= 4 is 16.0 Å². The lowest BCUT2D eigenvalue weighted by molar-refractivity contribution is 0.196. The molecule has 2 rings (SSSR count). The Hall–Kier alpha value is -1.25. The van der Waals surface area contributed by atoms with Crippen LogP contribution < -0.4 is 5.32 Å². The molecule has 0 radical (unpaired) electrons. The summed E-state index contributed by atoms with van der Waals surface area (Å²) in [5, 5.41) is 2.76. The first kappa shape index (κ1) is 14.2. The van der Waals surface area contributed by atoms with Crippen molar-refractivity contribution in [3.8, 4) is 0 Å². The van der Waals surface area contributed by atoms with Gasteiger partial charge in [-0.25, -0.2) is 18.4 Å². The second kappa shape index (κ2) is 5.81. The lowest BCUT2D eigenvalue weighted by Gasteiger charge is -2.33. The van der Waals surface area contributed by atoms with Crippen LogP contribution >= 0.6 is 0 Å². The normalized spacial score (nSPS) is 18.4. The summed E-state index contributed by atoms with van der Waals surface area (Å²) in [4.78, 5) is 10.3. The van der Waals surface area contributed by atoms with Crippen molar-refractivity contribution in [2.45, 2.75) is 11.8 Å². The summed E-state index contributed by atoms with van der Waals surface area (Å²) in [5.41, 5.74) is 0. The highest BCUT2D eigenvalue weighted by Gasteiger charge is 2.28. The molecule has 2 heterocycles. The van der Waals surface area contributed by atoms with Gasteiger partial charge in [0.05, 0.1) is 12.4 Å². The molecule has 0 atom stereocenters. The van der Waals surface area contributed by atoms with Crippen LogP contribution in [0.4, 0.5) is 5.95 Å². The van der Waals surface area contributed by atoms with Gasteiger partial charge in [-0.2, -0.15) is 4.31 Å². The molecule has 0 amide bonds. The van der Waals surface area contributed by atoms with Crippen LogP contribution in [0.1, 0.15) is 6.92 Å². The average molecular weight is 285 g/mol. The highest BCUT2D eigenvalue weighted by atomic mass is 32.2. The number of nitrogens with one attached hydrogen (secondary N) is 1. The van der Waals surface area contributed by atoms with E-state index in [2.05, 4.69) is 27.1 Å².